The third-order valence-corrected chi connectivity index (χ3v) is 2.92. The highest BCUT2D eigenvalue weighted by Crippen LogP contribution is 2.14. The third-order valence-electron chi connectivity index (χ3n) is 2.92. The van der Waals surface area contributed by atoms with E-state index in [1.165, 1.54) is 12.0 Å². The number of rotatable bonds is 4. The smallest absolute Gasteiger partial charge is 0.325 e. The number of hydrogen-bond acceptors (Lipinski definition) is 4. The number of amides is 1. The molecule has 0 bridgehead atoms. The van der Waals surface area contributed by atoms with Crippen LogP contribution >= 0.6 is 0 Å². The molecule has 0 aliphatic carbocycles. The number of aliphatic hydroxyl groups excluding tert-OH is 1. The van der Waals surface area contributed by atoms with Crippen LogP contribution in [0.5, 0.6) is 0 Å². The number of benzene rings is 1. The van der Waals surface area contributed by atoms with Crippen molar-refractivity contribution >= 4 is 11.9 Å². The van der Waals surface area contributed by atoms with Crippen molar-refractivity contribution in [3.05, 3.63) is 34.9 Å². The lowest BCUT2D eigenvalue weighted by molar-refractivity contribution is -0.141. The van der Waals surface area contributed by atoms with E-state index in [1.54, 1.807) is 19.1 Å². The molecular formula is C16H19NO4. The first-order valence-corrected chi connectivity index (χ1v) is 6.60. The molecule has 0 aliphatic rings. The van der Waals surface area contributed by atoms with Gasteiger partial charge in [0.25, 0.3) is 5.91 Å². The van der Waals surface area contributed by atoms with Crippen LogP contribution in [0.25, 0.3) is 0 Å². The lowest BCUT2D eigenvalue weighted by atomic mass is 10.0. The highest BCUT2D eigenvalue weighted by molar-refractivity contribution is 5.98. The number of carbonyl (C=O) groups is 2. The van der Waals surface area contributed by atoms with Crippen LogP contribution in [-0.2, 0) is 9.53 Å². The zero-order valence-electron chi connectivity index (χ0n) is 12.5. The van der Waals surface area contributed by atoms with Crippen LogP contribution in [0.4, 0.5) is 0 Å². The van der Waals surface area contributed by atoms with E-state index < -0.39 is 5.97 Å². The molecule has 5 heteroatoms. The molecule has 1 aromatic rings. The van der Waals surface area contributed by atoms with Gasteiger partial charge in [0, 0.05) is 12.1 Å². The summed E-state index contributed by atoms with van der Waals surface area (Å²) in [6.07, 6.45) is 0. The predicted octanol–water partition coefficient (Wildman–Crippen LogP) is 0.974. The summed E-state index contributed by atoms with van der Waals surface area (Å²) in [5.41, 5.74) is 1.87. The standard InChI is InChI=1S/C16H19NO4/c1-4-17(11-15(19)21-3)16(20)14-10-12(2)7-8-13(14)6-5-9-18/h7-8,10,18H,4,9,11H2,1-3H3. The first kappa shape index (κ1) is 16.7. The monoisotopic (exact) mass is 289 g/mol. The van der Waals surface area contributed by atoms with Crippen LogP contribution in [0.1, 0.15) is 28.4 Å². The fraction of sp³-hybridized carbons (Fsp3) is 0.375. The maximum absolute atomic E-state index is 12.6. The second-order valence-electron chi connectivity index (χ2n) is 4.40. The van der Waals surface area contributed by atoms with Gasteiger partial charge in [0.15, 0.2) is 0 Å². The Labute approximate surface area is 124 Å². The Morgan fingerprint density at radius 1 is 1.38 bits per heavy atom. The van der Waals surface area contributed by atoms with Gasteiger partial charge in [-0.3, -0.25) is 9.59 Å². The maximum atomic E-state index is 12.6. The van der Waals surface area contributed by atoms with Crippen molar-refractivity contribution in [1.29, 1.82) is 0 Å². The first-order chi connectivity index (χ1) is 10.0. The molecule has 0 saturated heterocycles. The van der Waals surface area contributed by atoms with Gasteiger partial charge < -0.3 is 14.7 Å². The zero-order valence-corrected chi connectivity index (χ0v) is 12.5. The van der Waals surface area contributed by atoms with Gasteiger partial charge in [-0.2, -0.15) is 0 Å². The Morgan fingerprint density at radius 3 is 2.67 bits per heavy atom. The summed E-state index contributed by atoms with van der Waals surface area (Å²) in [7, 11) is 1.28. The molecule has 0 saturated carbocycles. The minimum atomic E-state index is -0.471. The van der Waals surface area contributed by atoms with Crippen LogP contribution in [-0.4, -0.2) is 48.7 Å². The van der Waals surface area contributed by atoms with Crippen LogP contribution in [0.3, 0.4) is 0 Å². The number of aryl methyl sites for hydroxylation is 1. The largest absolute Gasteiger partial charge is 0.468 e. The molecule has 1 amide bonds. The maximum Gasteiger partial charge on any atom is 0.325 e. The Morgan fingerprint density at radius 2 is 2.10 bits per heavy atom. The van der Waals surface area contributed by atoms with Crippen molar-refractivity contribution in [2.75, 3.05) is 26.8 Å². The van der Waals surface area contributed by atoms with Gasteiger partial charge >= 0.3 is 5.97 Å². The van der Waals surface area contributed by atoms with E-state index in [-0.39, 0.29) is 19.1 Å². The number of methoxy groups -OCH3 is 1. The molecule has 21 heavy (non-hydrogen) atoms. The average molecular weight is 289 g/mol. The topological polar surface area (TPSA) is 66.8 Å². The third kappa shape index (κ3) is 4.62. The quantitative estimate of drug-likeness (QED) is 0.662. The van der Waals surface area contributed by atoms with Crippen molar-refractivity contribution in [1.82, 2.24) is 4.90 Å². The highest BCUT2D eigenvalue weighted by Gasteiger charge is 2.20. The lowest BCUT2D eigenvalue weighted by Crippen LogP contribution is -2.36. The molecule has 5 nitrogen and oxygen atoms in total. The molecule has 1 rings (SSSR count). The number of ether oxygens (including phenoxy) is 1. The van der Waals surface area contributed by atoms with E-state index in [0.717, 1.165) is 5.56 Å². The molecular weight excluding hydrogens is 270 g/mol. The first-order valence-electron chi connectivity index (χ1n) is 6.60. The number of hydrogen-bond donors (Lipinski definition) is 1. The Balaban J connectivity index is 3.14. The van der Waals surface area contributed by atoms with Crippen LogP contribution in [0.15, 0.2) is 18.2 Å². The molecule has 0 aliphatic heterocycles. The summed E-state index contributed by atoms with van der Waals surface area (Å²) >= 11 is 0. The summed E-state index contributed by atoms with van der Waals surface area (Å²) in [4.78, 5) is 25.3. The van der Waals surface area contributed by atoms with E-state index in [9.17, 15) is 9.59 Å². The van der Waals surface area contributed by atoms with E-state index >= 15 is 0 Å². The predicted molar refractivity (Wildman–Crippen MR) is 78.7 cm³/mol. The number of aliphatic hydroxyl groups is 1. The molecule has 112 valence electrons. The Bertz CT molecular complexity index is 584. The van der Waals surface area contributed by atoms with Crippen LogP contribution in [0.2, 0.25) is 0 Å². The minimum absolute atomic E-state index is 0.105. The number of esters is 1. The van der Waals surface area contributed by atoms with E-state index in [0.29, 0.717) is 17.7 Å². The summed E-state index contributed by atoms with van der Waals surface area (Å²) in [5.74, 6) is 4.53. The van der Waals surface area contributed by atoms with Gasteiger partial charge in [0.05, 0.1) is 12.7 Å². The molecule has 0 heterocycles. The highest BCUT2D eigenvalue weighted by atomic mass is 16.5. The van der Waals surface area contributed by atoms with E-state index in [4.69, 9.17) is 5.11 Å². The van der Waals surface area contributed by atoms with Crippen molar-refractivity contribution in [3.8, 4) is 11.8 Å². The van der Waals surface area contributed by atoms with Gasteiger partial charge in [-0.05, 0) is 26.0 Å². The van der Waals surface area contributed by atoms with Crippen molar-refractivity contribution in [2.24, 2.45) is 0 Å². The normalized spacial score (nSPS) is 9.52. The van der Waals surface area contributed by atoms with Crippen molar-refractivity contribution in [3.63, 3.8) is 0 Å². The zero-order chi connectivity index (χ0) is 15.8. The van der Waals surface area contributed by atoms with E-state index in [1.807, 2.05) is 13.0 Å². The number of likely N-dealkylation sites (N-methyl/N-ethyl adjacent to an activating group) is 1. The van der Waals surface area contributed by atoms with Gasteiger partial charge in [-0.25, -0.2) is 0 Å². The SMILES string of the molecule is CCN(CC(=O)OC)C(=O)c1cc(C)ccc1C#CCO. The summed E-state index contributed by atoms with van der Waals surface area (Å²) in [6, 6.07) is 5.30. The Kier molecular flexibility index (Phi) is 6.44. The molecule has 0 atom stereocenters. The summed E-state index contributed by atoms with van der Waals surface area (Å²) in [5, 5.41) is 8.79. The summed E-state index contributed by atoms with van der Waals surface area (Å²) in [6.45, 7) is 3.66. The van der Waals surface area contributed by atoms with Gasteiger partial charge in [-0.1, -0.05) is 23.5 Å². The lowest BCUT2D eigenvalue weighted by Gasteiger charge is -2.20. The molecule has 0 aromatic heterocycles. The molecule has 1 N–H and O–H groups in total. The minimum Gasteiger partial charge on any atom is -0.468 e. The second-order valence-corrected chi connectivity index (χ2v) is 4.40. The Hall–Kier alpha value is -2.32. The number of carbonyl (C=O) groups excluding carboxylic acids is 2. The van der Waals surface area contributed by atoms with Crippen molar-refractivity contribution < 1.29 is 19.4 Å². The summed E-state index contributed by atoms with van der Waals surface area (Å²) < 4.78 is 4.59. The fourth-order valence-corrected chi connectivity index (χ4v) is 1.80. The molecule has 0 fully saturated rings. The average Bonchev–Trinajstić information content (AvgIpc) is 2.50. The van der Waals surface area contributed by atoms with Gasteiger partial charge in [-0.15, -0.1) is 0 Å². The fourth-order valence-electron chi connectivity index (χ4n) is 1.80. The molecule has 1 aromatic carbocycles. The number of nitrogens with zero attached hydrogens (tertiary/aromatic N) is 1. The van der Waals surface area contributed by atoms with Gasteiger partial charge in [0.2, 0.25) is 0 Å². The van der Waals surface area contributed by atoms with Crippen LogP contribution < -0.4 is 0 Å². The van der Waals surface area contributed by atoms with Crippen LogP contribution in [0, 0.1) is 18.8 Å². The van der Waals surface area contributed by atoms with E-state index in [2.05, 4.69) is 16.6 Å². The molecule has 0 unspecified atom stereocenters. The van der Waals surface area contributed by atoms with Gasteiger partial charge in [0.1, 0.15) is 13.2 Å². The second kappa shape index (κ2) is 8.08. The molecule has 0 radical (unpaired) electrons. The molecule has 0 spiro atoms. The van der Waals surface area contributed by atoms with Crippen molar-refractivity contribution in [2.45, 2.75) is 13.8 Å².